The standard InChI is InChI=1S/C22H24IN3O4/c1-27-17-9-5-15(6-10-17)13-26(14-16-7-11-18(28-2)12-8-16)22-24-20(29-3)19(23)21(25-22)30-4/h5-12H,13-14H2,1-4H3. The van der Waals surface area contributed by atoms with Crippen LogP contribution in [0, 0.1) is 3.57 Å². The molecule has 0 aliphatic rings. The molecule has 0 radical (unpaired) electrons. The molecule has 0 saturated carbocycles. The summed E-state index contributed by atoms with van der Waals surface area (Å²) >= 11 is 2.12. The largest absolute Gasteiger partial charge is 0.497 e. The van der Waals surface area contributed by atoms with Crippen molar-refractivity contribution in [1.82, 2.24) is 9.97 Å². The van der Waals surface area contributed by atoms with Gasteiger partial charge in [-0.3, -0.25) is 0 Å². The van der Waals surface area contributed by atoms with Gasteiger partial charge in [0, 0.05) is 13.1 Å². The lowest BCUT2D eigenvalue weighted by molar-refractivity contribution is 0.365. The van der Waals surface area contributed by atoms with Crippen molar-refractivity contribution in [2.24, 2.45) is 0 Å². The van der Waals surface area contributed by atoms with Crippen LogP contribution in [0.5, 0.6) is 23.3 Å². The maximum Gasteiger partial charge on any atom is 0.235 e. The maximum absolute atomic E-state index is 5.44. The first kappa shape index (κ1) is 21.9. The van der Waals surface area contributed by atoms with Crippen molar-refractivity contribution in [1.29, 1.82) is 0 Å². The first-order valence-corrected chi connectivity index (χ1v) is 10.3. The van der Waals surface area contributed by atoms with Crippen molar-refractivity contribution in [2.75, 3.05) is 33.3 Å². The quantitative estimate of drug-likeness (QED) is 0.389. The van der Waals surface area contributed by atoms with Crippen LogP contribution in [0.4, 0.5) is 5.95 Å². The van der Waals surface area contributed by atoms with Crippen molar-refractivity contribution in [3.63, 3.8) is 0 Å². The Balaban J connectivity index is 1.97. The van der Waals surface area contributed by atoms with E-state index in [0.717, 1.165) is 26.2 Å². The summed E-state index contributed by atoms with van der Waals surface area (Å²) in [6.45, 7) is 1.20. The van der Waals surface area contributed by atoms with Crippen molar-refractivity contribution in [3.05, 3.63) is 63.2 Å². The van der Waals surface area contributed by atoms with Crippen molar-refractivity contribution < 1.29 is 18.9 Å². The Labute approximate surface area is 190 Å². The lowest BCUT2D eigenvalue weighted by Gasteiger charge is -2.24. The van der Waals surface area contributed by atoms with Crippen LogP contribution < -0.4 is 23.8 Å². The van der Waals surface area contributed by atoms with Gasteiger partial charge in [0.1, 0.15) is 15.1 Å². The van der Waals surface area contributed by atoms with E-state index >= 15 is 0 Å². The maximum atomic E-state index is 5.44. The zero-order valence-corrected chi connectivity index (χ0v) is 19.5. The molecule has 3 aromatic rings. The highest BCUT2D eigenvalue weighted by molar-refractivity contribution is 14.1. The predicted octanol–water partition coefficient (Wildman–Crippen LogP) is 4.32. The molecular weight excluding hydrogens is 497 g/mol. The molecule has 158 valence electrons. The Morgan fingerprint density at radius 2 is 1.07 bits per heavy atom. The van der Waals surface area contributed by atoms with Gasteiger partial charge in [0.15, 0.2) is 0 Å². The van der Waals surface area contributed by atoms with Crippen LogP contribution in [0.3, 0.4) is 0 Å². The minimum Gasteiger partial charge on any atom is -0.497 e. The number of hydrogen-bond donors (Lipinski definition) is 0. The third-order valence-electron chi connectivity index (χ3n) is 4.51. The average molecular weight is 521 g/mol. The highest BCUT2D eigenvalue weighted by atomic mass is 127. The third-order valence-corrected chi connectivity index (χ3v) is 5.44. The van der Waals surface area contributed by atoms with E-state index in [1.165, 1.54) is 0 Å². The van der Waals surface area contributed by atoms with Crippen molar-refractivity contribution in [3.8, 4) is 23.3 Å². The summed E-state index contributed by atoms with van der Waals surface area (Å²) in [5.41, 5.74) is 2.20. The topological polar surface area (TPSA) is 65.9 Å². The summed E-state index contributed by atoms with van der Waals surface area (Å²) in [5.74, 6) is 3.11. The first-order chi connectivity index (χ1) is 14.6. The second-order valence-electron chi connectivity index (χ2n) is 6.41. The molecular formula is C22H24IN3O4. The van der Waals surface area contributed by atoms with Gasteiger partial charge in [-0.25, -0.2) is 0 Å². The van der Waals surface area contributed by atoms with E-state index in [2.05, 4.69) is 37.5 Å². The normalized spacial score (nSPS) is 10.4. The molecule has 0 atom stereocenters. The molecule has 0 saturated heterocycles. The van der Waals surface area contributed by atoms with Gasteiger partial charge < -0.3 is 23.8 Å². The molecule has 8 heteroatoms. The summed E-state index contributed by atoms with van der Waals surface area (Å²) in [7, 11) is 6.49. The Kier molecular flexibility index (Phi) is 7.56. The highest BCUT2D eigenvalue weighted by Gasteiger charge is 2.19. The van der Waals surface area contributed by atoms with Crippen LogP contribution in [0.2, 0.25) is 0 Å². The molecule has 2 aromatic carbocycles. The Morgan fingerprint density at radius 1 is 0.667 bits per heavy atom. The molecule has 0 aliphatic carbocycles. The van der Waals surface area contributed by atoms with Crippen molar-refractivity contribution in [2.45, 2.75) is 13.1 Å². The van der Waals surface area contributed by atoms with E-state index in [9.17, 15) is 0 Å². The Hall–Kier alpha value is -2.75. The molecule has 1 aromatic heterocycles. The number of benzene rings is 2. The van der Waals surface area contributed by atoms with Gasteiger partial charge in [0.25, 0.3) is 0 Å². The lowest BCUT2D eigenvalue weighted by Crippen LogP contribution is -2.25. The molecule has 0 fully saturated rings. The molecule has 30 heavy (non-hydrogen) atoms. The molecule has 0 amide bonds. The summed E-state index contributed by atoms with van der Waals surface area (Å²) in [6.07, 6.45) is 0. The molecule has 1 heterocycles. The van der Waals surface area contributed by atoms with Crippen molar-refractivity contribution >= 4 is 28.5 Å². The number of rotatable bonds is 9. The first-order valence-electron chi connectivity index (χ1n) is 9.24. The molecule has 3 rings (SSSR count). The number of halogens is 1. The fourth-order valence-electron chi connectivity index (χ4n) is 2.91. The molecule has 0 bridgehead atoms. The van der Waals surface area contributed by atoms with Crippen LogP contribution in [-0.2, 0) is 13.1 Å². The SMILES string of the molecule is COc1ccc(CN(Cc2ccc(OC)cc2)c2nc(OC)c(I)c(OC)n2)cc1. The predicted molar refractivity (Wildman–Crippen MR) is 124 cm³/mol. The third kappa shape index (κ3) is 5.24. The summed E-state index contributed by atoms with van der Waals surface area (Å²) in [6, 6.07) is 15.9. The fourth-order valence-corrected chi connectivity index (χ4v) is 3.59. The number of hydrogen-bond acceptors (Lipinski definition) is 7. The average Bonchev–Trinajstić information content (AvgIpc) is 2.79. The van der Waals surface area contributed by atoms with Gasteiger partial charge in [-0.05, 0) is 58.0 Å². The van der Waals surface area contributed by atoms with Gasteiger partial charge >= 0.3 is 0 Å². The second kappa shape index (κ2) is 10.3. The number of methoxy groups -OCH3 is 4. The van der Waals surface area contributed by atoms with Crippen LogP contribution in [0.1, 0.15) is 11.1 Å². The number of nitrogens with zero attached hydrogens (tertiary/aromatic N) is 3. The lowest BCUT2D eigenvalue weighted by atomic mass is 10.1. The number of anilines is 1. The monoisotopic (exact) mass is 521 g/mol. The van der Waals surface area contributed by atoms with E-state index in [4.69, 9.17) is 18.9 Å². The number of ether oxygens (including phenoxy) is 4. The van der Waals surface area contributed by atoms with Gasteiger partial charge in [-0.2, -0.15) is 9.97 Å². The minimum absolute atomic E-state index is 0.479. The van der Waals surface area contributed by atoms with E-state index in [1.54, 1.807) is 28.4 Å². The van der Waals surface area contributed by atoms with E-state index in [1.807, 2.05) is 48.5 Å². The minimum atomic E-state index is 0.479. The molecule has 7 nitrogen and oxygen atoms in total. The highest BCUT2D eigenvalue weighted by Crippen LogP contribution is 2.30. The van der Waals surface area contributed by atoms with E-state index in [-0.39, 0.29) is 0 Å². The number of aromatic nitrogens is 2. The Bertz CT molecular complexity index is 891. The van der Waals surface area contributed by atoms with Gasteiger partial charge in [-0.15, -0.1) is 0 Å². The van der Waals surface area contributed by atoms with Gasteiger partial charge in [0.05, 0.1) is 28.4 Å². The Morgan fingerprint density at radius 3 is 1.40 bits per heavy atom. The zero-order chi connectivity index (χ0) is 21.5. The fraction of sp³-hybridized carbons (Fsp3) is 0.273. The summed E-state index contributed by atoms with van der Waals surface area (Å²) in [5, 5.41) is 0. The van der Waals surface area contributed by atoms with E-state index in [0.29, 0.717) is 30.8 Å². The van der Waals surface area contributed by atoms with Crippen LogP contribution >= 0.6 is 22.6 Å². The molecule has 0 aliphatic heterocycles. The summed E-state index contributed by atoms with van der Waals surface area (Å²) in [4.78, 5) is 11.3. The zero-order valence-electron chi connectivity index (χ0n) is 17.4. The second-order valence-corrected chi connectivity index (χ2v) is 7.49. The van der Waals surface area contributed by atoms with Crippen LogP contribution in [0.15, 0.2) is 48.5 Å². The molecule has 0 unspecified atom stereocenters. The molecule has 0 N–H and O–H groups in total. The van der Waals surface area contributed by atoms with Crippen LogP contribution in [-0.4, -0.2) is 38.4 Å². The molecule has 0 spiro atoms. The summed E-state index contributed by atoms with van der Waals surface area (Å²) < 4.78 is 22.1. The van der Waals surface area contributed by atoms with E-state index < -0.39 is 0 Å². The van der Waals surface area contributed by atoms with Crippen LogP contribution in [0.25, 0.3) is 0 Å². The van der Waals surface area contributed by atoms with Gasteiger partial charge in [-0.1, -0.05) is 24.3 Å². The van der Waals surface area contributed by atoms with Gasteiger partial charge in [0.2, 0.25) is 17.7 Å². The smallest absolute Gasteiger partial charge is 0.235 e.